The Balaban J connectivity index is 1.64. The predicted molar refractivity (Wildman–Crippen MR) is 113 cm³/mol. The van der Waals surface area contributed by atoms with Gasteiger partial charge in [-0.05, 0) is 61.6 Å². The van der Waals surface area contributed by atoms with Gasteiger partial charge in [0, 0.05) is 35.2 Å². The minimum absolute atomic E-state index is 0.0113. The maximum absolute atomic E-state index is 7.72. The number of rotatable bonds is 4. The van der Waals surface area contributed by atoms with Crippen molar-refractivity contribution >= 4 is 16.7 Å². The molecule has 1 fully saturated rings. The maximum atomic E-state index is 7.72. The second-order valence-corrected chi connectivity index (χ2v) is 7.82. The van der Waals surface area contributed by atoms with Crippen LogP contribution in [0.1, 0.15) is 53.1 Å². The van der Waals surface area contributed by atoms with Crippen molar-refractivity contribution in [1.82, 2.24) is 9.88 Å². The van der Waals surface area contributed by atoms with Gasteiger partial charge < -0.3 is 4.98 Å². The van der Waals surface area contributed by atoms with Crippen molar-refractivity contribution in [2.45, 2.75) is 45.7 Å². The molecule has 5 heteroatoms. The molecule has 28 heavy (non-hydrogen) atoms. The fourth-order valence-corrected chi connectivity index (χ4v) is 4.54. The maximum Gasteiger partial charge on any atom is 0.173 e. The van der Waals surface area contributed by atoms with Gasteiger partial charge in [-0.15, -0.1) is 5.11 Å². The first-order valence-corrected chi connectivity index (χ1v) is 9.95. The molecule has 0 amide bonds. The van der Waals surface area contributed by atoms with Gasteiger partial charge in [-0.3, -0.25) is 10.3 Å². The number of aromatic nitrogens is 1. The van der Waals surface area contributed by atoms with Crippen molar-refractivity contribution in [2.24, 2.45) is 5.11 Å². The lowest BCUT2D eigenvalue weighted by Gasteiger charge is -2.36. The zero-order valence-corrected chi connectivity index (χ0v) is 16.5. The molecular formula is C23H27N5. The topological polar surface area (TPSA) is 79.1 Å². The standard InChI is InChI=1S/C23H27N5/c1-15-13-16(2)22-19(10-11-26-22)20(15)14-28-12-4-3-5-21(28)17-6-8-18(9-7-17)23(24)27-25/h6-11,13,21,24-26H,3-5,12,14H2,1-2H3. The van der Waals surface area contributed by atoms with E-state index < -0.39 is 0 Å². The molecule has 1 aromatic heterocycles. The summed E-state index contributed by atoms with van der Waals surface area (Å²) in [6, 6.07) is 12.9. The number of benzene rings is 2. The van der Waals surface area contributed by atoms with Gasteiger partial charge in [0.2, 0.25) is 0 Å². The Bertz CT molecular complexity index is 1020. The highest BCUT2D eigenvalue weighted by Crippen LogP contribution is 2.34. The Hall–Kier alpha value is -2.79. The number of hydrogen-bond acceptors (Lipinski definition) is 3. The first-order valence-electron chi connectivity index (χ1n) is 9.95. The monoisotopic (exact) mass is 373 g/mol. The van der Waals surface area contributed by atoms with E-state index in [2.05, 4.69) is 53.1 Å². The number of amidine groups is 1. The summed E-state index contributed by atoms with van der Waals surface area (Å²) in [7, 11) is 0. The minimum atomic E-state index is 0.0113. The van der Waals surface area contributed by atoms with Gasteiger partial charge in [-0.1, -0.05) is 36.8 Å². The Morgan fingerprint density at radius 1 is 1.14 bits per heavy atom. The second kappa shape index (κ2) is 7.68. The number of fused-ring (bicyclic) bond motifs is 1. The molecule has 5 nitrogen and oxygen atoms in total. The fourth-order valence-electron chi connectivity index (χ4n) is 4.54. The van der Waals surface area contributed by atoms with Gasteiger partial charge in [0.05, 0.1) is 0 Å². The van der Waals surface area contributed by atoms with Crippen molar-refractivity contribution in [1.29, 1.82) is 10.9 Å². The summed E-state index contributed by atoms with van der Waals surface area (Å²) in [5.74, 6) is 0.0113. The van der Waals surface area contributed by atoms with Gasteiger partial charge >= 0.3 is 0 Å². The number of nitrogens with zero attached hydrogens (tertiary/aromatic N) is 2. The van der Waals surface area contributed by atoms with E-state index in [1.165, 1.54) is 46.0 Å². The number of nitrogens with one attached hydrogen (secondary N) is 3. The third-order valence-electron chi connectivity index (χ3n) is 6.03. The molecule has 2 heterocycles. The molecule has 0 saturated carbocycles. The van der Waals surface area contributed by atoms with Crippen LogP contribution in [0.15, 0.2) is 47.7 Å². The van der Waals surface area contributed by atoms with Crippen LogP contribution in [0, 0.1) is 24.8 Å². The summed E-state index contributed by atoms with van der Waals surface area (Å²) in [5, 5.41) is 12.3. The molecule has 0 aliphatic carbocycles. The van der Waals surface area contributed by atoms with E-state index in [1.807, 2.05) is 18.3 Å². The van der Waals surface area contributed by atoms with E-state index in [0.29, 0.717) is 11.6 Å². The quantitative estimate of drug-likeness (QED) is 0.298. The lowest BCUT2D eigenvalue weighted by atomic mass is 9.92. The number of hydrogen-bond donors (Lipinski definition) is 3. The first-order chi connectivity index (χ1) is 13.6. The highest BCUT2D eigenvalue weighted by Gasteiger charge is 2.25. The van der Waals surface area contributed by atoms with Crippen LogP contribution in [-0.2, 0) is 6.54 Å². The smallest absolute Gasteiger partial charge is 0.173 e. The van der Waals surface area contributed by atoms with E-state index in [9.17, 15) is 0 Å². The molecule has 3 N–H and O–H groups in total. The van der Waals surface area contributed by atoms with Crippen LogP contribution in [-0.4, -0.2) is 22.3 Å². The van der Waals surface area contributed by atoms with Crippen molar-refractivity contribution in [3.63, 3.8) is 0 Å². The minimum Gasteiger partial charge on any atom is -0.361 e. The highest BCUT2D eigenvalue weighted by molar-refractivity contribution is 5.96. The SMILES string of the molecule is Cc1cc(C)c2[nH]ccc2c1CN1CCCCC1c1ccc(C(=N)N=N)cc1. The Kier molecular flexibility index (Phi) is 5.09. The van der Waals surface area contributed by atoms with E-state index in [1.54, 1.807) is 0 Å². The van der Waals surface area contributed by atoms with Gasteiger partial charge in [0.25, 0.3) is 0 Å². The zero-order valence-electron chi connectivity index (χ0n) is 16.5. The predicted octanol–water partition coefficient (Wildman–Crippen LogP) is 5.87. The van der Waals surface area contributed by atoms with E-state index in [0.717, 1.165) is 19.5 Å². The molecule has 0 spiro atoms. The van der Waals surface area contributed by atoms with Gasteiger partial charge in [-0.25, -0.2) is 5.53 Å². The lowest BCUT2D eigenvalue weighted by Crippen LogP contribution is -2.33. The van der Waals surface area contributed by atoms with Crippen molar-refractivity contribution in [2.75, 3.05) is 6.54 Å². The summed E-state index contributed by atoms with van der Waals surface area (Å²) >= 11 is 0. The zero-order chi connectivity index (χ0) is 19.7. The molecule has 0 radical (unpaired) electrons. The van der Waals surface area contributed by atoms with Crippen LogP contribution in [0.25, 0.3) is 10.9 Å². The molecule has 4 rings (SSSR count). The van der Waals surface area contributed by atoms with E-state index in [-0.39, 0.29) is 5.84 Å². The summed E-state index contributed by atoms with van der Waals surface area (Å²) in [6.07, 6.45) is 5.67. The summed E-state index contributed by atoms with van der Waals surface area (Å²) < 4.78 is 0. The fraction of sp³-hybridized carbons (Fsp3) is 0.348. The average molecular weight is 374 g/mol. The molecule has 1 unspecified atom stereocenters. The van der Waals surface area contributed by atoms with Crippen LogP contribution >= 0.6 is 0 Å². The third-order valence-corrected chi connectivity index (χ3v) is 6.03. The van der Waals surface area contributed by atoms with Crippen LogP contribution in [0.3, 0.4) is 0 Å². The molecule has 2 aromatic carbocycles. The number of likely N-dealkylation sites (tertiary alicyclic amines) is 1. The number of H-pyrrole nitrogens is 1. The lowest BCUT2D eigenvalue weighted by molar-refractivity contribution is 0.141. The number of aromatic amines is 1. The largest absolute Gasteiger partial charge is 0.361 e. The van der Waals surface area contributed by atoms with Crippen molar-refractivity contribution in [3.05, 3.63) is 70.4 Å². The van der Waals surface area contributed by atoms with Crippen molar-refractivity contribution < 1.29 is 0 Å². The summed E-state index contributed by atoms with van der Waals surface area (Å²) in [5.41, 5.74) is 14.3. The van der Waals surface area contributed by atoms with E-state index >= 15 is 0 Å². The van der Waals surface area contributed by atoms with E-state index in [4.69, 9.17) is 10.9 Å². The Morgan fingerprint density at radius 3 is 2.68 bits per heavy atom. The van der Waals surface area contributed by atoms with Crippen LogP contribution < -0.4 is 0 Å². The molecule has 1 atom stereocenters. The second-order valence-electron chi connectivity index (χ2n) is 7.82. The highest BCUT2D eigenvalue weighted by atomic mass is 15.2. The molecule has 1 aliphatic heterocycles. The molecule has 3 aromatic rings. The molecular weight excluding hydrogens is 346 g/mol. The first kappa shape index (κ1) is 18.6. The van der Waals surface area contributed by atoms with Gasteiger partial charge in [0.1, 0.15) is 0 Å². The number of aryl methyl sites for hydroxylation is 2. The van der Waals surface area contributed by atoms with Gasteiger partial charge in [-0.2, -0.15) is 0 Å². The Morgan fingerprint density at radius 2 is 1.93 bits per heavy atom. The van der Waals surface area contributed by atoms with Crippen LogP contribution in [0.5, 0.6) is 0 Å². The van der Waals surface area contributed by atoms with Crippen LogP contribution in [0.2, 0.25) is 0 Å². The molecule has 144 valence electrons. The summed E-state index contributed by atoms with van der Waals surface area (Å²) in [6.45, 7) is 6.44. The molecule has 0 bridgehead atoms. The molecule has 1 aliphatic rings. The molecule has 1 saturated heterocycles. The van der Waals surface area contributed by atoms with Crippen molar-refractivity contribution in [3.8, 4) is 0 Å². The third kappa shape index (κ3) is 3.38. The average Bonchev–Trinajstić information content (AvgIpc) is 3.21. The van der Waals surface area contributed by atoms with Gasteiger partial charge in [0.15, 0.2) is 5.84 Å². The summed E-state index contributed by atoms with van der Waals surface area (Å²) in [4.78, 5) is 6.00. The number of piperidine rings is 1. The normalized spacial score (nSPS) is 17.7. The Labute approximate surface area is 165 Å². The van der Waals surface area contributed by atoms with Crippen LogP contribution in [0.4, 0.5) is 0 Å².